The third kappa shape index (κ3) is 3.64. The minimum atomic E-state index is 0.266. The molecule has 5 nitrogen and oxygen atoms in total. The van der Waals surface area contributed by atoms with Crippen LogP contribution in [0.1, 0.15) is 0 Å². The molecule has 0 aliphatic rings. The molecule has 0 aliphatic carbocycles. The average molecular weight is 105 g/mol. The molecule has 5 heteroatoms. The summed E-state index contributed by atoms with van der Waals surface area (Å²) in [5.74, 6) is 6.85. The summed E-state index contributed by atoms with van der Waals surface area (Å²) in [4.78, 5) is 0. The standard InChI is InChI=1S/C2H11N5/c1-4-6-7(3)5-2/h3-7H,1-2H3. The molecule has 0 spiro atoms. The van der Waals surface area contributed by atoms with Gasteiger partial charge in [-0.3, -0.25) is 0 Å². The van der Waals surface area contributed by atoms with E-state index in [4.69, 9.17) is 5.84 Å². The molecule has 0 aliphatic heterocycles. The van der Waals surface area contributed by atoms with E-state index in [2.05, 4.69) is 16.4 Å². The lowest BCUT2D eigenvalue weighted by atomic mass is 11.5. The Morgan fingerprint density at radius 2 is 2.00 bits per heavy atom. The molecule has 44 valence electrons. The van der Waals surface area contributed by atoms with Crippen LogP contribution in [0.3, 0.4) is 0 Å². The van der Waals surface area contributed by atoms with Gasteiger partial charge in [0.1, 0.15) is 0 Å². The SMILES string of the molecule is CNN[NH+]([NH-])NC. The van der Waals surface area contributed by atoms with Crippen LogP contribution in [-0.4, -0.2) is 14.1 Å². The van der Waals surface area contributed by atoms with Gasteiger partial charge in [0.05, 0.1) is 0 Å². The van der Waals surface area contributed by atoms with Crippen molar-refractivity contribution in [3.63, 3.8) is 0 Å². The molecule has 7 heavy (non-hydrogen) atoms. The van der Waals surface area contributed by atoms with Crippen molar-refractivity contribution in [1.82, 2.24) is 16.4 Å². The molecule has 0 saturated carbocycles. The maximum Gasteiger partial charge on any atom is 0.0345 e. The lowest BCUT2D eigenvalue weighted by molar-refractivity contribution is -0.944. The van der Waals surface area contributed by atoms with Gasteiger partial charge in [-0.15, -0.1) is 0 Å². The molecule has 0 aromatic heterocycles. The van der Waals surface area contributed by atoms with E-state index in [-0.39, 0.29) is 5.23 Å². The molecule has 0 rings (SSSR count). The van der Waals surface area contributed by atoms with E-state index in [9.17, 15) is 0 Å². The van der Waals surface area contributed by atoms with E-state index >= 15 is 0 Å². The second-order valence-electron chi connectivity index (χ2n) is 1.00. The highest BCUT2D eigenvalue weighted by Gasteiger charge is 1.79. The lowest BCUT2D eigenvalue weighted by Crippen LogP contribution is -3.20. The van der Waals surface area contributed by atoms with E-state index in [0.717, 1.165) is 0 Å². The molecule has 1 unspecified atom stereocenters. The smallest absolute Gasteiger partial charge is 0.0345 e. The van der Waals surface area contributed by atoms with Crippen LogP contribution in [0.25, 0.3) is 5.84 Å². The largest absolute Gasteiger partial charge is 0.426 e. The van der Waals surface area contributed by atoms with Crippen LogP contribution in [0.2, 0.25) is 0 Å². The van der Waals surface area contributed by atoms with Crippen molar-refractivity contribution in [3.05, 3.63) is 5.84 Å². The Balaban J connectivity index is 2.83. The second-order valence-corrected chi connectivity index (χ2v) is 1.00. The van der Waals surface area contributed by atoms with Gasteiger partial charge in [0, 0.05) is 14.1 Å². The number of hydrazine groups is 1. The van der Waals surface area contributed by atoms with Gasteiger partial charge < -0.3 is 5.84 Å². The van der Waals surface area contributed by atoms with Crippen molar-refractivity contribution in [1.29, 1.82) is 0 Å². The molecule has 0 fully saturated rings. The second kappa shape index (κ2) is 3.97. The van der Waals surface area contributed by atoms with Crippen molar-refractivity contribution in [2.24, 2.45) is 0 Å². The zero-order chi connectivity index (χ0) is 5.70. The fourth-order valence-electron chi connectivity index (χ4n) is 0.188. The van der Waals surface area contributed by atoms with E-state index in [1.165, 1.54) is 0 Å². The summed E-state index contributed by atoms with van der Waals surface area (Å²) in [6.45, 7) is 0. The predicted octanol–water partition coefficient (Wildman–Crippen LogP) is -2.39. The topological polar surface area (TPSA) is 64.3 Å². The number of nitrogens with one attached hydrogen (secondary N) is 5. The lowest BCUT2D eigenvalue weighted by Gasteiger charge is -2.17. The molecular weight excluding hydrogens is 94.1 g/mol. The van der Waals surface area contributed by atoms with Gasteiger partial charge in [0.15, 0.2) is 0 Å². The van der Waals surface area contributed by atoms with Gasteiger partial charge in [-0.1, -0.05) is 5.53 Å². The highest BCUT2D eigenvalue weighted by atomic mass is 15.9. The Hall–Kier alpha value is -0.200. The van der Waals surface area contributed by atoms with E-state index in [0.29, 0.717) is 0 Å². The third-order valence-corrected chi connectivity index (χ3v) is 0.500. The first-order valence-electron chi connectivity index (χ1n) is 2.00. The summed E-state index contributed by atoms with van der Waals surface area (Å²) < 4.78 is 0. The molecule has 5 N–H and O–H groups in total. The minimum absolute atomic E-state index is 0.266. The van der Waals surface area contributed by atoms with Crippen LogP contribution < -0.4 is 21.6 Å². The number of hydrogen-bond acceptors (Lipinski definition) is 3. The fourth-order valence-corrected chi connectivity index (χ4v) is 0.188. The van der Waals surface area contributed by atoms with Crippen molar-refractivity contribution < 1.29 is 5.23 Å². The summed E-state index contributed by atoms with van der Waals surface area (Å²) in [5.41, 5.74) is 7.67. The first-order chi connectivity index (χ1) is 3.31. The molecule has 0 radical (unpaired) electrons. The third-order valence-electron chi connectivity index (χ3n) is 0.500. The highest BCUT2D eigenvalue weighted by Crippen LogP contribution is 1.15. The first-order valence-corrected chi connectivity index (χ1v) is 2.00. The summed E-state index contributed by atoms with van der Waals surface area (Å²) in [6.07, 6.45) is 0. The Kier molecular flexibility index (Phi) is 3.86. The predicted molar refractivity (Wildman–Crippen MR) is 26.5 cm³/mol. The molecule has 0 aromatic carbocycles. The zero-order valence-electron chi connectivity index (χ0n) is 4.50. The summed E-state index contributed by atoms with van der Waals surface area (Å²) >= 11 is 0. The maximum atomic E-state index is 6.85. The first kappa shape index (κ1) is 6.80. The molecule has 0 amide bonds. The molecule has 0 saturated heterocycles. The maximum absolute atomic E-state index is 6.85. The molecule has 0 aromatic rings. The van der Waals surface area contributed by atoms with Crippen molar-refractivity contribution >= 4 is 0 Å². The van der Waals surface area contributed by atoms with E-state index in [1.54, 1.807) is 14.1 Å². The Labute approximate surface area is 42.7 Å². The monoisotopic (exact) mass is 105 g/mol. The van der Waals surface area contributed by atoms with Crippen molar-refractivity contribution in [2.45, 2.75) is 0 Å². The molecule has 0 bridgehead atoms. The molecular formula is C2H11N5. The van der Waals surface area contributed by atoms with Gasteiger partial charge in [0.25, 0.3) is 0 Å². The Bertz CT molecular complexity index is 37.1. The minimum Gasteiger partial charge on any atom is -0.426 e. The Morgan fingerprint density at radius 3 is 2.14 bits per heavy atom. The van der Waals surface area contributed by atoms with Crippen molar-refractivity contribution in [2.75, 3.05) is 14.1 Å². The van der Waals surface area contributed by atoms with Crippen LogP contribution in [-0.2, 0) is 0 Å². The van der Waals surface area contributed by atoms with Crippen molar-refractivity contribution in [3.8, 4) is 0 Å². The van der Waals surface area contributed by atoms with Gasteiger partial charge >= 0.3 is 0 Å². The van der Waals surface area contributed by atoms with E-state index < -0.39 is 0 Å². The zero-order valence-corrected chi connectivity index (χ0v) is 4.50. The normalized spacial score (nSPS) is 14.1. The summed E-state index contributed by atoms with van der Waals surface area (Å²) in [6, 6.07) is 0. The van der Waals surface area contributed by atoms with E-state index in [1.807, 2.05) is 0 Å². The average Bonchev–Trinajstić information content (AvgIpc) is 1.68. The quantitative estimate of drug-likeness (QED) is 0.303. The summed E-state index contributed by atoms with van der Waals surface area (Å²) in [7, 11) is 3.37. The number of rotatable bonds is 3. The number of quaternary nitrogens is 1. The molecule has 1 atom stereocenters. The van der Waals surface area contributed by atoms with Gasteiger partial charge in [-0.2, -0.15) is 5.43 Å². The Morgan fingerprint density at radius 1 is 1.43 bits per heavy atom. The van der Waals surface area contributed by atoms with Gasteiger partial charge in [-0.05, 0) is 0 Å². The van der Waals surface area contributed by atoms with Crippen LogP contribution in [0.5, 0.6) is 0 Å². The van der Waals surface area contributed by atoms with Crippen LogP contribution in [0.4, 0.5) is 0 Å². The van der Waals surface area contributed by atoms with Crippen LogP contribution in [0, 0.1) is 0 Å². The summed E-state index contributed by atoms with van der Waals surface area (Å²) in [5, 5.41) is 0.266. The highest BCUT2D eigenvalue weighted by molar-refractivity contribution is 3.97. The van der Waals surface area contributed by atoms with Crippen LogP contribution in [0.15, 0.2) is 0 Å². The number of hydrogen-bond donors (Lipinski definition) is 4. The fraction of sp³-hybridized carbons (Fsp3) is 1.00. The van der Waals surface area contributed by atoms with Gasteiger partial charge in [0.2, 0.25) is 0 Å². The molecule has 0 heterocycles. The van der Waals surface area contributed by atoms with Crippen LogP contribution >= 0.6 is 0 Å². The van der Waals surface area contributed by atoms with Gasteiger partial charge in [-0.25, -0.2) is 10.7 Å².